The SMILES string of the molecule is COCc1c(C(=O)O[C@H](C)C(=O)NC(=O)NC(C)(C)C)oc2ccccc12. The molecule has 1 heterocycles. The molecule has 3 amide bonds. The molecule has 2 aromatic rings. The average Bonchev–Trinajstić information content (AvgIpc) is 2.92. The first kappa shape index (κ1) is 20.4. The lowest BCUT2D eigenvalue weighted by molar-refractivity contribution is -0.128. The minimum absolute atomic E-state index is 0.0307. The van der Waals surface area contributed by atoms with Crippen LogP contribution in [0.3, 0.4) is 0 Å². The van der Waals surface area contributed by atoms with Gasteiger partial charge in [0.25, 0.3) is 5.91 Å². The van der Waals surface area contributed by atoms with E-state index in [4.69, 9.17) is 13.9 Å². The van der Waals surface area contributed by atoms with Crippen molar-refractivity contribution in [3.8, 4) is 0 Å². The highest BCUT2D eigenvalue weighted by atomic mass is 16.6. The molecule has 8 heteroatoms. The number of rotatable bonds is 5. The smallest absolute Gasteiger partial charge is 0.375 e. The second-order valence-electron chi connectivity index (χ2n) is 7.08. The Morgan fingerprint density at radius 2 is 1.85 bits per heavy atom. The number of esters is 1. The Morgan fingerprint density at radius 1 is 1.19 bits per heavy atom. The van der Waals surface area contributed by atoms with Gasteiger partial charge in [0.15, 0.2) is 6.10 Å². The van der Waals surface area contributed by atoms with E-state index >= 15 is 0 Å². The number of amides is 3. The summed E-state index contributed by atoms with van der Waals surface area (Å²) in [6, 6.07) is 6.45. The van der Waals surface area contributed by atoms with Gasteiger partial charge >= 0.3 is 12.0 Å². The molecule has 0 bridgehead atoms. The van der Waals surface area contributed by atoms with Crippen LogP contribution in [0.15, 0.2) is 28.7 Å². The summed E-state index contributed by atoms with van der Waals surface area (Å²) in [6.45, 7) is 6.85. The quantitative estimate of drug-likeness (QED) is 0.777. The van der Waals surface area contributed by atoms with E-state index in [9.17, 15) is 14.4 Å². The second-order valence-corrected chi connectivity index (χ2v) is 7.08. The van der Waals surface area contributed by atoms with E-state index in [0.717, 1.165) is 5.39 Å². The molecule has 0 aliphatic heterocycles. The molecule has 0 fully saturated rings. The maximum absolute atomic E-state index is 12.5. The molecule has 1 atom stereocenters. The number of urea groups is 1. The van der Waals surface area contributed by atoms with Crippen LogP contribution in [0, 0.1) is 0 Å². The van der Waals surface area contributed by atoms with Crippen LogP contribution >= 0.6 is 0 Å². The second kappa shape index (κ2) is 8.22. The molecule has 0 saturated carbocycles. The lowest BCUT2D eigenvalue weighted by Gasteiger charge is -2.21. The number of furan rings is 1. The van der Waals surface area contributed by atoms with E-state index in [0.29, 0.717) is 11.1 Å². The van der Waals surface area contributed by atoms with Crippen LogP contribution in [0.4, 0.5) is 4.79 Å². The molecule has 0 unspecified atom stereocenters. The molecular formula is C19H24N2O6. The number of para-hydroxylation sites is 1. The van der Waals surface area contributed by atoms with E-state index in [-0.39, 0.29) is 12.4 Å². The van der Waals surface area contributed by atoms with Gasteiger partial charge in [0.05, 0.1) is 6.61 Å². The van der Waals surface area contributed by atoms with Crippen molar-refractivity contribution in [3.05, 3.63) is 35.6 Å². The van der Waals surface area contributed by atoms with Gasteiger partial charge in [-0.2, -0.15) is 0 Å². The predicted molar refractivity (Wildman–Crippen MR) is 98.2 cm³/mol. The summed E-state index contributed by atoms with van der Waals surface area (Å²) in [6.07, 6.45) is -1.19. The Bertz CT molecular complexity index is 849. The number of imide groups is 1. The molecule has 1 aromatic heterocycles. The van der Waals surface area contributed by atoms with Gasteiger partial charge in [0.1, 0.15) is 5.58 Å². The van der Waals surface area contributed by atoms with Crippen molar-refractivity contribution in [3.63, 3.8) is 0 Å². The van der Waals surface area contributed by atoms with E-state index < -0.39 is 29.6 Å². The third-order valence-corrected chi connectivity index (χ3v) is 3.55. The predicted octanol–water partition coefficient (Wildman–Crippen LogP) is 2.75. The van der Waals surface area contributed by atoms with Crippen LogP contribution in [0.25, 0.3) is 11.0 Å². The molecule has 0 aliphatic rings. The highest BCUT2D eigenvalue weighted by Crippen LogP contribution is 2.27. The Balaban J connectivity index is 2.10. The Labute approximate surface area is 157 Å². The zero-order valence-electron chi connectivity index (χ0n) is 16.0. The Kier molecular flexibility index (Phi) is 6.22. The highest BCUT2D eigenvalue weighted by molar-refractivity contribution is 6.00. The van der Waals surface area contributed by atoms with Gasteiger partial charge in [-0.25, -0.2) is 9.59 Å². The number of carbonyl (C=O) groups excluding carboxylic acids is 3. The fourth-order valence-corrected chi connectivity index (χ4v) is 2.40. The Hall–Kier alpha value is -2.87. The first-order chi connectivity index (χ1) is 12.6. The van der Waals surface area contributed by atoms with E-state index in [1.165, 1.54) is 14.0 Å². The van der Waals surface area contributed by atoms with Crippen LogP contribution in [0.1, 0.15) is 43.8 Å². The van der Waals surface area contributed by atoms with E-state index in [2.05, 4.69) is 10.6 Å². The lowest BCUT2D eigenvalue weighted by Crippen LogP contribution is -2.50. The van der Waals surface area contributed by atoms with Gasteiger partial charge in [-0.3, -0.25) is 10.1 Å². The lowest BCUT2D eigenvalue weighted by atomic mass is 10.1. The normalized spacial score (nSPS) is 12.5. The summed E-state index contributed by atoms with van der Waals surface area (Å²) in [7, 11) is 1.50. The minimum atomic E-state index is -1.19. The largest absolute Gasteiger partial charge is 0.449 e. The molecule has 0 aliphatic carbocycles. The highest BCUT2D eigenvalue weighted by Gasteiger charge is 2.27. The molecule has 2 N–H and O–H groups in total. The summed E-state index contributed by atoms with van der Waals surface area (Å²) in [5, 5.41) is 5.45. The van der Waals surface area contributed by atoms with Crippen molar-refractivity contribution in [1.82, 2.24) is 10.6 Å². The monoisotopic (exact) mass is 376 g/mol. The number of hydrogen-bond acceptors (Lipinski definition) is 6. The van der Waals surface area contributed by atoms with Gasteiger partial charge in [0, 0.05) is 23.6 Å². The molecule has 0 spiro atoms. The summed E-state index contributed by atoms with van der Waals surface area (Å²) >= 11 is 0. The van der Waals surface area contributed by atoms with Crippen molar-refractivity contribution in [2.45, 2.75) is 45.9 Å². The van der Waals surface area contributed by atoms with Crippen molar-refractivity contribution >= 4 is 28.9 Å². The summed E-state index contributed by atoms with van der Waals surface area (Å²) in [5.41, 5.74) is 0.544. The van der Waals surface area contributed by atoms with Crippen LogP contribution in [-0.2, 0) is 20.9 Å². The molecule has 27 heavy (non-hydrogen) atoms. The van der Waals surface area contributed by atoms with Crippen LogP contribution in [0.5, 0.6) is 0 Å². The molecule has 146 valence electrons. The van der Waals surface area contributed by atoms with Crippen molar-refractivity contribution in [1.29, 1.82) is 0 Å². The third kappa shape index (κ3) is 5.30. The average molecular weight is 376 g/mol. The van der Waals surface area contributed by atoms with Gasteiger partial charge in [-0.1, -0.05) is 18.2 Å². The van der Waals surface area contributed by atoms with Crippen molar-refractivity contribution in [2.24, 2.45) is 0 Å². The summed E-state index contributed by atoms with van der Waals surface area (Å²) in [4.78, 5) is 36.3. The van der Waals surface area contributed by atoms with Crippen LogP contribution < -0.4 is 10.6 Å². The van der Waals surface area contributed by atoms with Crippen LogP contribution in [0.2, 0.25) is 0 Å². The van der Waals surface area contributed by atoms with E-state index in [1.807, 2.05) is 6.07 Å². The number of benzene rings is 1. The maximum Gasteiger partial charge on any atom is 0.375 e. The van der Waals surface area contributed by atoms with Crippen molar-refractivity contribution in [2.75, 3.05) is 7.11 Å². The molecule has 1 aromatic carbocycles. The summed E-state index contributed by atoms with van der Waals surface area (Å²) in [5.74, 6) is -1.58. The first-order valence-corrected chi connectivity index (χ1v) is 8.45. The molecule has 2 rings (SSSR count). The zero-order chi connectivity index (χ0) is 20.2. The van der Waals surface area contributed by atoms with Gasteiger partial charge in [-0.05, 0) is 33.8 Å². The first-order valence-electron chi connectivity index (χ1n) is 8.45. The molecule has 0 radical (unpaired) electrons. The molecule has 8 nitrogen and oxygen atoms in total. The number of ether oxygens (including phenoxy) is 2. The van der Waals surface area contributed by atoms with Gasteiger partial charge in [-0.15, -0.1) is 0 Å². The van der Waals surface area contributed by atoms with Gasteiger partial charge in [0.2, 0.25) is 5.76 Å². The Morgan fingerprint density at radius 3 is 2.48 bits per heavy atom. The van der Waals surface area contributed by atoms with Crippen molar-refractivity contribution < 1.29 is 28.3 Å². The topological polar surface area (TPSA) is 107 Å². The standard InChI is InChI=1S/C19H24N2O6/c1-11(16(22)20-18(24)21-19(2,3)4)26-17(23)15-13(10-25-5)12-8-6-7-9-14(12)27-15/h6-9,11H,10H2,1-5H3,(H2,20,21,22,24)/t11-/m1/s1. The fraction of sp³-hybridized carbons (Fsp3) is 0.421. The maximum atomic E-state index is 12.5. The van der Waals surface area contributed by atoms with E-state index in [1.54, 1.807) is 39.0 Å². The van der Waals surface area contributed by atoms with Crippen LogP contribution in [-0.4, -0.2) is 36.7 Å². The molecule has 0 saturated heterocycles. The number of carbonyl (C=O) groups is 3. The number of hydrogen-bond donors (Lipinski definition) is 2. The number of nitrogens with one attached hydrogen (secondary N) is 2. The fourth-order valence-electron chi connectivity index (χ4n) is 2.40. The third-order valence-electron chi connectivity index (χ3n) is 3.55. The number of fused-ring (bicyclic) bond motifs is 1. The zero-order valence-corrected chi connectivity index (χ0v) is 16.0. The minimum Gasteiger partial charge on any atom is -0.449 e. The van der Waals surface area contributed by atoms with Gasteiger partial charge < -0.3 is 19.2 Å². The number of methoxy groups -OCH3 is 1. The summed E-state index contributed by atoms with van der Waals surface area (Å²) < 4.78 is 15.9. The molecular weight excluding hydrogens is 352 g/mol.